The maximum Gasteiger partial charge on any atom is 0.227 e. The molecule has 9 nitrogen and oxygen atoms in total. The number of alkyl halides is 1. The summed E-state index contributed by atoms with van der Waals surface area (Å²) in [6.07, 6.45) is 12.2. The predicted octanol–water partition coefficient (Wildman–Crippen LogP) is 2.06. The van der Waals surface area contributed by atoms with E-state index in [9.17, 15) is 9.18 Å². The zero-order valence-corrected chi connectivity index (χ0v) is 27.1. The number of nitrogens with zero attached hydrogens (tertiary/aromatic N) is 1. The molecule has 0 bridgehead atoms. The highest BCUT2D eigenvalue weighted by atomic mass is 19.1. The third-order valence-corrected chi connectivity index (χ3v) is 10.2. The molecular weight excluding hydrogens is 531 g/mol. The maximum absolute atomic E-state index is 14.8. The summed E-state index contributed by atoms with van der Waals surface area (Å²) in [6.45, 7) is 8.17. The van der Waals surface area contributed by atoms with Crippen LogP contribution in [0.25, 0.3) is 0 Å². The van der Waals surface area contributed by atoms with Gasteiger partial charge in [0.05, 0.1) is 18.1 Å². The SMILES string of the molecule is CCCCCNCC(CCN(C)C)CNC1CCNCC1NC(=O)C(C(N)N)C1CC2(CCCCC2)CCC(F)CN1. The molecule has 0 aromatic carbocycles. The van der Waals surface area contributed by atoms with Crippen molar-refractivity contribution in [2.24, 2.45) is 28.7 Å². The van der Waals surface area contributed by atoms with Crippen LogP contribution in [0.15, 0.2) is 0 Å². The molecule has 0 aromatic heterocycles. The van der Waals surface area contributed by atoms with Crippen LogP contribution >= 0.6 is 0 Å². The number of halogens is 1. The molecule has 246 valence electrons. The summed E-state index contributed by atoms with van der Waals surface area (Å²) in [5.74, 6) is -0.187. The third kappa shape index (κ3) is 11.9. The van der Waals surface area contributed by atoms with Crippen molar-refractivity contribution in [3.05, 3.63) is 0 Å². The number of carbonyl (C=O) groups excluding carboxylic acids is 1. The summed E-state index contributed by atoms with van der Waals surface area (Å²) >= 11 is 0. The summed E-state index contributed by atoms with van der Waals surface area (Å²) in [5, 5.41) is 17.7. The number of hydrogen-bond acceptors (Lipinski definition) is 8. The van der Waals surface area contributed by atoms with Crippen molar-refractivity contribution < 1.29 is 9.18 Å². The summed E-state index contributed by atoms with van der Waals surface area (Å²) < 4.78 is 14.8. The molecule has 1 spiro atoms. The van der Waals surface area contributed by atoms with Crippen molar-refractivity contribution in [2.75, 3.05) is 59.9 Å². The second-order valence-electron chi connectivity index (χ2n) is 14.0. The van der Waals surface area contributed by atoms with Crippen molar-refractivity contribution >= 4 is 5.91 Å². The quantitative estimate of drug-likeness (QED) is 0.106. The Morgan fingerprint density at radius 3 is 2.55 bits per heavy atom. The van der Waals surface area contributed by atoms with Crippen LogP contribution in [-0.2, 0) is 4.79 Å². The molecule has 9 N–H and O–H groups in total. The smallest absolute Gasteiger partial charge is 0.227 e. The average Bonchev–Trinajstić information content (AvgIpc) is 2.96. The van der Waals surface area contributed by atoms with E-state index >= 15 is 0 Å². The lowest BCUT2D eigenvalue weighted by Gasteiger charge is -2.45. The van der Waals surface area contributed by atoms with Crippen molar-refractivity contribution in [3.8, 4) is 0 Å². The van der Waals surface area contributed by atoms with Gasteiger partial charge in [-0.2, -0.15) is 0 Å². The molecular formula is C32H65FN8O. The standard InChI is InChI=1S/C32H65FN8O/c1-4-5-9-16-36-20-24(12-18-41(2)3)21-38-26-11-17-37-23-28(26)40-31(42)29(30(34)35)27-19-32(13-7-6-8-14-32)15-10-25(33)22-39-27/h24-30,36-39H,4-23,34-35H2,1-3H3,(H,40,42). The molecule has 2 saturated heterocycles. The molecule has 1 aliphatic carbocycles. The first-order chi connectivity index (χ1) is 20.2. The zero-order valence-electron chi connectivity index (χ0n) is 27.1. The molecule has 3 fully saturated rings. The second kappa shape index (κ2) is 18.8. The van der Waals surface area contributed by atoms with Crippen molar-refractivity contribution in [2.45, 2.75) is 121 Å². The summed E-state index contributed by atoms with van der Waals surface area (Å²) in [7, 11) is 4.26. The van der Waals surface area contributed by atoms with E-state index in [0.717, 1.165) is 71.2 Å². The first-order valence-corrected chi connectivity index (χ1v) is 17.2. The van der Waals surface area contributed by atoms with E-state index in [1.54, 1.807) is 0 Å². The van der Waals surface area contributed by atoms with Crippen LogP contribution < -0.4 is 38.1 Å². The van der Waals surface area contributed by atoms with Gasteiger partial charge in [0.2, 0.25) is 5.91 Å². The number of piperidine rings is 1. The Labute approximate surface area is 256 Å². The van der Waals surface area contributed by atoms with Crippen molar-refractivity contribution in [3.63, 3.8) is 0 Å². The van der Waals surface area contributed by atoms with E-state index < -0.39 is 18.3 Å². The minimum Gasteiger partial charge on any atom is -0.350 e. The van der Waals surface area contributed by atoms with Gasteiger partial charge in [0, 0.05) is 25.2 Å². The Morgan fingerprint density at radius 1 is 1.05 bits per heavy atom. The third-order valence-electron chi connectivity index (χ3n) is 10.2. The lowest BCUT2D eigenvalue weighted by atomic mass is 9.65. The fraction of sp³-hybridized carbons (Fsp3) is 0.969. The highest BCUT2D eigenvalue weighted by molar-refractivity contribution is 5.80. The van der Waals surface area contributed by atoms with Crippen LogP contribution in [-0.4, -0.2) is 101 Å². The normalized spacial score (nSPS) is 28.4. The highest BCUT2D eigenvalue weighted by Gasteiger charge is 2.42. The number of carbonyl (C=O) groups is 1. The Balaban J connectivity index is 1.62. The van der Waals surface area contributed by atoms with E-state index in [-0.39, 0.29) is 36.0 Å². The van der Waals surface area contributed by atoms with Crippen LogP contribution in [0.2, 0.25) is 0 Å². The molecule has 0 radical (unpaired) electrons. The fourth-order valence-corrected chi connectivity index (χ4v) is 7.50. The van der Waals surface area contributed by atoms with Crippen molar-refractivity contribution in [1.29, 1.82) is 0 Å². The fourth-order valence-electron chi connectivity index (χ4n) is 7.50. The van der Waals surface area contributed by atoms with Crippen LogP contribution in [0, 0.1) is 17.3 Å². The molecule has 6 atom stereocenters. The van der Waals surface area contributed by atoms with Crippen LogP contribution in [0.1, 0.15) is 90.4 Å². The number of nitrogens with two attached hydrogens (primary N) is 2. The number of nitrogens with one attached hydrogen (secondary N) is 5. The minimum atomic E-state index is -0.901. The van der Waals surface area contributed by atoms with Crippen LogP contribution in [0.4, 0.5) is 4.39 Å². The second-order valence-corrected chi connectivity index (χ2v) is 14.0. The van der Waals surface area contributed by atoms with Gasteiger partial charge in [-0.3, -0.25) is 4.79 Å². The molecule has 1 saturated carbocycles. The van der Waals surface area contributed by atoms with Crippen molar-refractivity contribution in [1.82, 2.24) is 31.5 Å². The number of amides is 1. The van der Waals surface area contributed by atoms with Crippen LogP contribution in [0.3, 0.4) is 0 Å². The topological polar surface area (TPSA) is 132 Å². The molecule has 3 aliphatic rings. The van der Waals surface area contributed by atoms with E-state index in [1.807, 2.05) is 0 Å². The van der Waals surface area contributed by atoms with E-state index in [0.29, 0.717) is 18.9 Å². The Morgan fingerprint density at radius 2 is 1.83 bits per heavy atom. The van der Waals surface area contributed by atoms with E-state index in [2.05, 4.69) is 52.5 Å². The van der Waals surface area contributed by atoms with Gasteiger partial charge in [0.1, 0.15) is 6.17 Å². The molecule has 1 amide bonds. The van der Waals surface area contributed by atoms with Gasteiger partial charge in [-0.25, -0.2) is 4.39 Å². The molecule has 3 rings (SSSR count). The van der Waals surface area contributed by atoms with Crippen LogP contribution in [0.5, 0.6) is 0 Å². The predicted molar refractivity (Wildman–Crippen MR) is 172 cm³/mol. The summed E-state index contributed by atoms with van der Waals surface area (Å²) in [6, 6.07) is -0.0959. The van der Waals surface area contributed by atoms with Gasteiger partial charge < -0.3 is 43.0 Å². The van der Waals surface area contributed by atoms with Gasteiger partial charge in [-0.05, 0) is 110 Å². The van der Waals surface area contributed by atoms with Gasteiger partial charge in [-0.15, -0.1) is 0 Å². The summed E-state index contributed by atoms with van der Waals surface area (Å²) in [5.41, 5.74) is 12.7. The monoisotopic (exact) mass is 597 g/mol. The van der Waals surface area contributed by atoms with Gasteiger partial charge in [0.15, 0.2) is 0 Å². The number of unbranched alkanes of at least 4 members (excludes halogenated alkanes) is 2. The average molecular weight is 597 g/mol. The molecule has 10 heteroatoms. The lowest BCUT2D eigenvalue weighted by Crippen LogP contribution is -2.64. The van der Waals surface area contributed by atoms with E-state index in [1.165, 1.54) is 38.5 Å². The highest BCUT2D eigenvalue weighted by Crippen LogP contribution is 2.46. The first-order valence-electron chi connectivity index (χ1n) is 17.2. The Hall–Kier alpha value is -0.880. The first kappa shape index (κ1) is 35.6. The van der Waals surface area contributed by atoms with Gasteiger partial charge in [0.25, 0.3) is 0 Å². The Bertz CT molecular complexity index is 750. The number of rotatable bonds is 16. The maximum atomic E-state index is 14.8. The lowest BCUT2D eigenvalue weighted by molar-refractivity contribution is -0.128. The molecule has 42 heavy (non-hydrogen) atoms. The largest absolute Gasteiger partial charge is 0.350 e. The number of hydrogen-bond donors (Lipinski definition) is 7. The van der Waals surface area contributed by atoms with Gasteiger partial charge in [-0.1, -0.05) is 39.0 Å². The van der Waals surface area contributed by atoms with Gasteiger partial charge >= 0.3 is 0 Å². The Kier molecular flexibility index (Phi) is 15.9. The summed E-state index contributed by atoms with van der Waals surface area (Å²) in [4.78, 5) is 16.2. The minimum absolute atomic E-state index is 0.0503. The molecule has 0 aromatic rings. The molecule has 6 unspecified atom stereocenters. The van der Waals surface area contributed by atoms with E-state index in [4.69, 9.17) is 11.5 Å². The zero-order chi connectivity index (χ0) is 30.4. The molecule has 2 heterocycles. The molecule has 2 aliphatic heterocycles.